The first-order valence-electron chi connectivity index (χ1n) is 32.7. The predicted octanol–water partition coefficient (Wildman–Crippen LogP) is 13.3. The van der Waals surface area contributed by atoms with Gasteiger partial charge in [0.1, 0.15) is 88.5 Å². The van der Waals surface area contributed by atoms with Crippen LogP contribution in [-0.2, 0) is 18.0 Å². The minimum absolute atomic E-state index is 0.0204. The molecular weight excluding hydrogens is 1170 g/mol. The second kappa shape index (κ2) is 28.0. The van der Waals surface area contributed by atoms with E-state index in [4.69, 9.17) is 35.3 Å². The van der Waals surface area contributed by atoms with Gasteiger partial charge in [-0.25, -0.2) is 15.0 Å². The lowest BCUT2D eigenvalue weighted by molar-refractivity contribution is -0.121. The molecule has 0 bridgehead atoms. The molecule has 2 saturated heterocycles. The van der Waals surface area contributed by atoms with Gasteiger partial charge in [-0.3, -0.25) is 14.5 Å². The molecule has 7 heterocycles. The first kappa shape index (κ1) is 62.1. The van der Waals surface area contributed by atoms with Crippen LogP contribution < -0.4 is 26.4 Å². The summed E-state index contributed by atoms with van der Waals surface area (Å²) in [6.07, 6.45) is 19.3. The Balaban J connectivity index is 0.000000133. The lowest BCUT2D eigenvalue weighted by atomic mass is 9.76. The lowest BCUT2D eigenvalue weighted by Crippen LogP contribution is -2.49. The van der Waals surface area contributed by atoms with E-state index in [1.165, 1.54) is 76.4 Å². The standard InChI is InChI=1S/C32H39N5O2.C28H30N4O.C16H12O5/c33-31-30-29(25-10-7-11-28(18-25)39-21-23-8-3-1-4-9-23)20-37(32(30)35-22-34-31)26-16-24(17-26)12-13-27(38)19-36-14-5-2-6-15-36;29-26-10-11-30-28-27(26)25(18-32(28)23-14-21(15-23)17-31-12-5-13-31)22-8-4-9-24(16-22)33-19-20-6-2-1-3-7-20;1-8-4-9(2-3-11(8)18)14-7-13(20)16-12(19)5-10(17)6-15(16)21-14/h1,3-4,7-11,18,20,22,24,26,30,32H,2,5-6,12-17,19,21H2,(H2,33,34,35);1-4,6-11,16,18,21,23H,5,12-15,17,19H2,(H2,29,30);2-7,17-19H,1H3. The monoisotopic (exact) mass is 1250 g/mol. The number of hydrogen-bond acceptors (Lipinski definition) is 16. The molecule has 15 rings (SSSR count). The Morgan fingerprint density at radius 3 is 2.03 bits per heavy atom. The summed E-state index contributed by atoms with van der Waals surface area (Å²) in [4.78, 5) is 45.8. The average Bonchev–Trinajstić information content (AvgIpc) is 1.64. The normalized spacial score (nSPS) is 20.8. The van der Waals surface area contributed by atoms with Gasteiger partial charge in [-0.2, -0.15) is 0 Å². The molecule has 2 aliphatic carbocycles. The summed E-state index contributed by atoms with van der Waals surface area (Å²) in [5.74, 6) is 3.96. The Kier molecular flexibility index (Phi) is 18.7. The largest absolute Gasteiger partial charge is 0.508 e. The molecule has 3 aromatic heterocycles. The second-order valence-corrected chi connectivity index (χ2v) is 25.8. The number of aromatic hydroxyl groups is 3. The van der Waals surface area contributed by atoms with Gasteiger partial charge >= 0.3 is 0 Å². The number of ketones is 1. The van der Waals surface area contributed by atoms with E-state index in [2.05, 4.69) is 91.3 Å². The van der Waals surface area contributed by atoms with Crippen molar-refractivity contribution in [3.05, 3.63) is 203 Å². The second-order valence-electron chi connectivity index (χ2n) is 25.8. The number of likely N-dealkylation sites (tertiary alicyclic amines) is 2. The maximum absolute atomic E-state index is 12.6. The number of anilines is 1. The van der Waals surface area contributed by atoms with Gasteiger partial charge in [0, 0.05) is 84.0 Å². The SMILES string of the molecule is Cc1cc(-c2cc(=O)c3c(O)cc(O)cc3o2)ccc1O.NC1=NC=NC2C1C(c1cccc(OCc3ccccc3)c1)=CN2C1CC(CCC(=O)CN2CCCCC2)C1.Nc1ccnc2c1c(-c1cccc(OCc3ccccc3)c1)cn2C1CC(CN2CCC2)C1. The van der Waals surface area contributed by atoms with Crippen LogP contribution in [0.15, 0.2) is 189 Å². The maximum Gasteiger partial charge on any atom is 0.197 e. The molecule has 6 aromatic carbocycles. The smallest absolute Gasteiger partial charge is 0.197 e. The van der Waals surface area contributed by atoms with Crippen LogP contribution in [0.5, 0.6) is 28.7 Å². The highest BCUT2D eigenvalue weighted by atomic mass is 16.5. The Bertz CT molecular complexity index is 4280. The number of carbonyl (C=O) groups is 1. The number of Topliss-reactive ketones (excluding diaryl/α,β-unsaturated/α-hetero) is 1. The van der Waals surface area contributed by atoms with Crippen molar-refractivity contribution in [1.29, 1.82) is 0 Å². The minimum atomic E-state index is -0.408. The molecule has 6 aliphatic rings. The summed E-state index contributed by atoms with van der Waals surface area (Å²) in [6, 6.07) is 48.3. The van der Waals surface area contributed by atoms with E-state index in [0.717, 1.165) is 106 Å². The number of pyridine rings is 1. The van der Waals surface area contributed by atoms with Gasteiger partial charge < -0.3 is 55.0 Å². The maximum atomic E-state index is 12.6. The molecule has 478 valence electrons. The van der Waals surface area contributed by atoms with Gasteiger partial charge in [-0.05, 0) is 178 Å². The number of phenols is 3. The van der Waals surface area contributed by atoms with E-state index in [9.17, 15) is 24.9 Å². The van der Waals surface area contributed by atoms with Crippen molar-refractivity contribution >= 4 is 51.2 Å². The van der Waals surface area contributed by atoms with Crippen LogP contribution in [0.25, 0.3) is 50.0 Å². The van der Waals surface area contributed by atoms with Gasteiger partial charge in [-0.1, -0.05) is 91.3 Å². The number of aliphatic imine (C=N–C) groups is 2. The molecule has 4 aliphatic heterocycles. The third kappa shape index (κ3) is 14.3. The molecular formula is C76H81N9O8. The van der Waals surface area contributed by atoms with E-state index in [-0.39, 0.29) is 40.3 Å². The number of nitrogen functional groups attached to an aromatic ring is 1. The summed E-state index contributed by atoms with van der Waals surface area (Å²) < 4.78 is 20.1. The van der Waals surface area contributed by atoms with Crippen molar-refractivity contribution in [3.8, 4) is 51.2 Å². The van der Waals surface area contributed by atoms with Crippen LogP contribution in [-0.4, -0.2) is 109 Å². The summed E-state index contributed by atoms with van der Waals surface area (Å²) in [5, 5.41) is 29.8. The number of benzene rings is 6. The molecule has 2 atom stereocenters. The number of piperidine rings is 1. The first-order chi connectivity index (χ1) is 45.3. The molecule has 17 nitrogen and oxygen atoms in total. The summed E-state index contributed by atoms with van der Waals surface area (Å²) >= 11 is 0. The molecule has 0 amide bonds. The number of aromatic nitrogens is 2. The molecule has 0 spiro atoms. The van der Waals surface area contributed by atoms with Crippen LogP contribution in [0.4, 0.5) is 5.69 Å². The molecule has 7 N–H and O–H groups in total. The third-order valence-corrected chi connectivity index (χ3v) is 19.2. The van der Waals surface area contributed by atoms with Crippen molar-refractivity contribution in [3.63, 3.8) is 0 Å². The van der Waals surface area contributed by atoms with Crippen LogP contribution >= 0.6 is 0 Å². The highest BCUT2D eigenvalue weighted by Crippen LogP contribution is 2.47. The molecule has 93 heavy (non-hydrogen) atoms. The molecule has 9 aromatic rings. The summed E-state index contributed by atoms with van der Waals surface area (Å²) in [5.41, 5.74) is 22.4. The van der Waals surface area contributed by atoms with Gasteiger partial charge in [0.25, 0.3) is 0 Å². The number of aryl methyl sites for hydroxylation is 1. The zero-order chi connectivity index (χ0) is 64.0. The third-order valence-electron chi connectivity index (χ3n) is 19.2. The van der Waals surface area contributed by atoms with Crippen molar-refractivity contribution in [1.82, 2.24) is 24.3 Å². The number of ether oxygens (including phenoxy) is 2. The lowest BCUT2D eigenvalue weighted by Gasteiger charge is -2.44. The minimum Gasteiger partial charge on any atom is -0.508 e. The fraction of sp³-hybridized carbons (Fsp3) is 0.329. The molecule has 0 radical (unpaired) electrons. The number of nitrogens with two attached hydrogens (primary N) is 2. The molecule has 4 fully saturated rings. The van der Waals surface area contributed by atoms with Crippen LogP contribution in [0.2, 0.25) is 0 Å². The zero-order valence-corrected chi connectivity index (χ0v) is 52.6. The van der Waals surface area contributed by atoms with E-state index in [1.54, 1.807) is 25.4 Å². The highest BCUT2D eigenvalue weighted by Gasteiger charge is 2.45. The fourth-order valence-electron chi connectivity index (χ4n) is 13.9. The fourth-order valence-corrected chi connectivity index (χ4v) is 13.9. The molecule has 2 saturated carbocycles. The average molecular weight is 1250 g/mol. The van der Waals surface area contributed by atoms with Crippen molar-refractivity contribution in [2.75, 3.05) is 45.0 Å². The first-order valence-corrected chi connectivity index (χ1v) is 32.7. The van der Waals surface area contributed by atoms with Gasteiger partial charge in [0.15, 0.2) is 5.43 Å². The van der Waals surface area contributed by atoms with Gasteiger partial charge in [0.2, 0.25) is 0 Å². The number of amidine groups is 1. The molecule has 2 unspecified atom stereocenters. The quantitative estimate of drug-likeness (QED) is 0.0538. The summed E-state index contributed by atoms with van der Waals surface area (Å²) in [6.45, 7) is 9.41. The van der Waals surface area contributed by atoms with Crippen LogP contribution in [0.3, 0.4) is 0 Å². The number of phenolic OH excluding ortho intramolecular Hbond substituents is 3. The number of hydrogen-bond donors (Lipinski definition) is 5. The molecule has 17 heteroatoms. The Hall–Kier alpha value is -9.71. The summed E-state index contributed by atoms with van der Waals surface area (Å²) in [7, 11) is 0. The van der Waals surface area contributed by atoms with Crippen molar-refractivity contribution in [2.45, 2.75) is 103 Å². The van der Waals surface area contributed by atoms with Gasteiger partial charge in [-0.15, -0.1) is 0 Å². The van der Waals surface area contributed by atoms with Crippen molar-refractivity contribution < 1.29 is 34.0 Å². The Morgan fingerprint density at radius 1 is 0.667 bits per heavy atom. The number of fused-ring (bicyclic) bond motifs is 3. The van der Waals surface area contributed by atoms with E-state index in [0.29, 0.717) is 72.7 Å². The van der Waals surface area contributed by atoms with E-state index >= 15 is 0 Å². The van der Waals surface area contributed by atoms with Crippen molar-refractivity contribution in [2.24, 2.45) is 33.5 Å². The Morgan fingerprint density at radius 2 is 1.34 bits per heavy atom. The highest BCUT2D eigenvalue weighted by molar-refractivity contribution is 6.03. The van der Waals surface area contributed by atoms with E-state index < -0.39 is 5.43 Å². The van der Waals surface area contributed by atoms with Crippen LogP contribution in [0, 0.1) is 24.7 Å². The van der Waals surface area contributed by atoms with E-state index in [1.807, 2.05) is 66.9 Å². The number of carbonyl (C=O) groups excluding carboxylic acids is 1. The topological polar surface area (TPSA) is 231 Å². The number of nitrogens with zero attached hydrogens (tertiary/aromatic N) is 7. The van der Waals surface area contributed by atoms with Gasteiger partial charge in [0.05, 0.1) is 12.5 Å². The Labute approximate surface area is 541 Å². The predicted molar refractivity (Wildman–Crippen MR) is 366 cm³/mol. The zero-order valence-electron chi connectivity index (χ0n) is 52.6. The number of rotatable bonds is 18. The van der Waals surface area contributed by atoms with Crippen LogP contribution in [0.1, 0.15) is 92.5 Å².